The summed E-state index contributed by atoms with van der Waals surface area (Å²) in [7, 11) is 0. The maximum atomic E-state index is 4.09. The molecule has 1 heterocycles. The largest absolute Gasteiger partial charge is 0.316 e. The van der Waals surface area contributed by atoms with Crippen molar-refractivity contribution in [3.8, 4) is 0 Å². The first kappa shape index (κ1) is 11.6. The highest BCUT2D eigenvalue weighted by Crippen LogP contribution is 2.24. The van der Waals surface area contributed by atoms with Crippen molar-refractivity contribution in [3.63, 3.8) is 0 Å². The summed E-state index contributed by atoms with van der Waals surface area (Å²) in [6.07, 6.45) is 6.89. The third-order valence-corrected chi connectivity index (χ3v) is 3.63. The molecule has 1 aliphatic rings. The van der Waals surface area contributed by atoms with E-state index in [1.165, 1.54) is 19.3 Å². The monoisotopic (exact) mass is 222 g/mol. The van der Waals surface area contributed by atoms with Gasteiger partial charge in [0.1, 0.15) is 12.2 Å². The summed E-state index contributed by atoms with van der Waals surface area (Å²) in [5.41, 5.74) is 0. The summed E-state index contributed by atoms with van der Waals surface area (Å²) >= 11 is 0. The molecule has 2 rings (SSSR count). The molecule has 2 unspecified atom stereocenters. The van der Waals surface area contributed by atoms with Gasteiger partial charge >= 0.3 is 0 Å². The van der Waals surface area contributed by atoms with Crippen molar-refractivity contribution in [3.05, 3.63) is 12.2 Å². The Balaban J connectivity index is 1.75. The molecule has 0 saturated heterocycles. The van der Waals surface area contributed by atoms with Crippen LogP contribution in [0.25, 0.3) is 0 Å². The quantitative estimate of drug-likeness (QED) is 0.823. The van der Waals surface area contributed by atoms with Crippen molar-refractivity contribution in [1.29, 1.82) is 0 Å². The van der Waals surface area contributed by atoms with Crippen LogP contribution in [0.3, 0.4) is 0 Å². The highest BCUT2D eigenvalue weighted by atomic mass is 15.3. The molecular formula is C12H22N4. The van der Waals surface area contributed by atoms with Crippen LogP contribution >= 0.6 is 0 Å². The van der Waals surface area contributed by atoms with Gasteiger partial charge < -0.3 is 9.88 Å². The predicted octanol–water partition coefficient (Wildman–Crippen LogP) is 1.62. The molecule has 1 aliphatic carbocycles. The number of aromatic nitrogens is 3. The van der Waals surface area contributed by atoms with Gasteiger partial charge in [-0.1, -0.05) is 20.3 Å². The van der Waals surface area contributed by atoms with Crippen LogP contribution < -0.4 is 5.32 Å². The Labute approximate surface area is 97.5 Å². The van der Waals surface area contributed by atoms with Crippen LogP contribution in [0, 0.1) is 5.92 Å². The Morgan fingerprint density at radius 1 is 1.50 bits per heavy atom. The number of aryl methyl sites for hydroxylation is 1. The van der Waals surface area contributed by atoms with Crippen molar-refractivity contribution < 1.29 is 0 Å². The van der Waals surface area contributed by atoms with Gasteiger partial charge in [-0.15, -0.1) is 10.2 Å². The molecule has 0 amide bonds. The van der Waals surface area contributed by atoms with Crippen molar-refractivity contribution in [2.24, 2.45) is 5.92 Å². The summed E-state index contributed by atoms with van der Waals surface area (Å²) in [5, 5.41) is 11.7. The second-order valence-corrected chi connectivity index (χ2v) is 4.76. The molecule has 0 radical (unpaired) electrons. The Morgan fingerprint density at radius 3 is 3.06 bits per heavy atom. The van der Waals surface area contributed by atoms with E-state index in [1.54, 1.807) is 0 Å². The fourth-order valence-electron chi connectivity index (χ4n) is 2.56. The summed E-state index contributed by atoms with van der Waals surface area (Å²) in [4.78, 5) is 0. The Bertz CT molecular complexity index is 321. The van der Waals surface area contributed by atoms with Crippen LogP contribution in [0.4, 0.5) is 0 Å². The van der Waals surface area contributed by atoms with Gasteiger partial charge in [0.25, 0.3) is 0 Å². The average molecular weight is 222 g/mol. The zero-order valence-electron chi connectivity index (χ0n) is 10.3. The Morgan fingerprint density at radius 2 is 2.38 bits per heavy atom. The maximum absolute atomic E-state index is 4.09. The molecule has 1 N–H and O–H groups in total. The summed E-state index contributed by atoms with van der Waals surface area (Å²) in [6, 6.07) is 0.724. The van der Waals surface area contributed by atoms with Crippen LogP contribution in [0.5, 0.6) is 0 Å². The van der Waals surface area contributed by atoms with Crippen molar-refractivity contribution >= 4 is 0 Å². The molecule has 0 aliphatic heterocycles. The van der Waals surface area contributed by atoms with E-state index in [4.69, 9.17) is 0 Å². The minimum absolute atomic E-state index is 0.724. The highest BCUT2D eigenvalue weighted by molar-refractivity contribution is 4.85. The van der Waals surface area contributed by atoms with Gasteiger partial charge in [0.05, 0.1) is 0 Å². The predicted molar refractivity (Wildman–Crippen MR) is 64.2 cm³/mol. The second kappa shape index (κ2) is 5.43. The second-order valence-electron chi connectivity index (χ2n) is 4.76. The SMILES string of the molecule is CCc1nncn1CCNC1CCCC1C. The van der Waals surface area contributed by atoms with E-state index in [-0.39, 0.29) is 0 Å². The fourth-order valence-corrected chi connectivity index (χ4v) is 2.56. The first-order chi connectivity index (χ1) is 7.81. The van der Waals surface area contributed by atoms with Gasteiger partial charge in [0.15, 0.2) is 0 Å². The lowest BCUT2D eigenvalue weighted by Gasteiger charge is -2.17. The van der Waals surface area contributed by atoms with Gasteiger partial charge in [-0.25, -0.2) is 0 Å². The molecule has 0 bridgehead atoms. The zero-order valence-corrected chi connectivity index (χ0v) is 10.3. The summed E-state index contributed by atoms with van der Waals surface area (Å²) in [5.74, 6) is 1.92. The first-order valence-electron chi connectivity index (χ1n) is 6.41. The third-order valence-electron chi connectivity index (χ3n) is 3.63. The minimum Gasteiger partial charge on any atom is -0.316 e. The summed E-state index contributed by atoms with van der Waals surface area (Å²) < 4.78 is 2.15. The molecule has 1 aromatic rings. The molecule has 4 nitrogen and oxygen atoms in total. The molecule has 16 heavy (non-hydrogen) atoms. The third kappa shape index (κ3) is 2.61. The Hall–Kier alpha value is -0.900. The molecule has 2 atom stereocenters. The molecule has 1 saturated carbocycles. The number of hydrogen-bond acceptors (Lipinski definition) is 3. The molecule has 4 heteroatoms. The lowest BCUT2D eigenvalue weighted by Crippen LogP contribution is -2.33. The smallest absolute Gasteiger partial charge is 0.132 e. The van der Waals surface area contributed by atoms with E-state index in [0.717, 1.165) is 37.3 Å². The van der Waals surface area contributed by atoms with Gasteiger partial charge in [0.2, 0.25) is 0 Å². The maximum Gasteiger partial charge on any atom is 0.132 e. The minimum atomic E-state index is 0.724. The lowest BCUT2D eigenvalue weighted by molar-refractivity contribution is 0.414. The normalized spacial score (nSPS) is 25.1. The highest BCUT2D eigenvalue weighted by Gasteiger charge is 2.22. The molecule has 90 valence electrons. The van der Waals surface area contributed by atoms with E-state index in [0.29, 0.717) is 0 Å². The Kier molecular flexibility index (Phi) is 3.93. The van der Waals surface area contributed by atoms with Crippen LogP contribution in [-0.4, -0.2) is 27.4 Å². The number of hydrogen-bond donors (Lipinski definition) is 1. The van der Waals surface area contributed by atoms with Crippen molar-refractivity contribution in [2.75, 3.05) is 6.54 Å². The molecular weight excluding hydrogens is 200 g/mol. The average Bonchev–Trinajstić information content (AvgIpc) is 2.88. The van der Waals surface area contributed by atoms with E-state index in [9.17, 15) is 0 Å². The van der Waals surface area contributed by atoms with E-state index in [2.05, 4.69) is 33.9 Å². The van der Waals surface area contributed by atoms with Gasteiger partial charge in [-0.3, -0.25) is 0 Å². The lowest BCUT2D eigenvalue weighted by atomic mass is 10.1. The van der Waals surface area contributed by atoms with Gasteiger partial charge in [0, 0.05) is 25.6 Å². The van der Waals surface area contributed by atoms with Gasteiger partial charge in [-0.05, 0) is 18.8 Å². The zero-order chi connectivity index (χ0) is 11.4. The molecule has 0 spiro atoms. The van der Waals surface area contributed by atoms with E-state index >= 15 is 0 Å². The van der Waals surface area contributed by atoms with E-state index < -0.39 is 0 Å². The molecule has 1 aromatic heterocycles. The standard InChI is InChI=1S/C12H22N4/c1-3-12-15-14-9-16(12)8-7-13-11-6-4-5-10(11)2/h9-11,13H,3-8H2,1-2H3. The summed E-state index contributed by atoms with van der Waals surface area (Å²) in [6.45, 7) is 6.48. The van der Waals surface area contributed by atoms with Gasteiger partial charge in [-0.2, -0.15) is 0 Å². The van der Waals surface area contributed by atoms with Crippen LogP contribution in [-0.2, 0) is 13.0 Å². The van der Waals surface area contributed by atoms with Crippen LogP contribution in [0.2, 0.25) is 0 Å². The molecule has 0 aromatic carbocycles. The van der Waals surface area contributed by atoms with Crippen LogP contribution in [0.15, 0.2) is 6.33 Å². The number of nitrogens with zero attached hydrogens (tertiary/aromatic N) is 3. The topological polar surface area (TPSA) is 42.7 Å². The molecule has 1 fully saturated rings. The van der Waals surface area contributed by atoms with Crippen molar-refractivity contribution in [1.82, 2.24) is 20.1 Å². The van der Waals surface area contributed by atoms with Crippen molar-refractivity contribution in [2.45, 2.75) is 52.1 Å². The first-order valence-corrected chi connectivity index (χ1v) is 6.41. The van der Waals surface area contributed by atoms with E-state index in [1.807, 2.05) is 6.33 Å². The van der Waals surface area contributed by atoms with Crippen LogP contribution in [0.1, 0.15) is 38.9 Å². The number of rotatable bonds is 5. The number of nitrogens with one attached hydrogen (secondary N) is 1. The fraction of sp³-hybridized carbons (Fsp3) is 0.833.